The predicted octanol–water partition coefficient (Wildman–Crippen LogP) is 0.964. The lowest BCUT2D eigenvalue weighted by molar-refractivity contribution is -0.126. The number of ketones is 1. The molecule has 0 aliphatic carbocycles. The van der Waals surface area contributed by atoms with Crippen LogP contribution in [0.2, 0.25) is 0 Å². The normalized spacial score (nSPS) is 30.5. The van der Waals surface area contributed by atoms with Crippen LogP contribution in [-0.2, 0) is 4.79 Å². The van der Waals surface area contributed by atoms with Crippen molar-refractivity contribution in [3.05, 3.63) is 0 Å². The Morgan fingerprint density at radius 2 is 2.17 bits per heavy atom. The van der Waals surface area contributed by atoms with Gasteiger partial charge in [0, 0.05) is 24.9 Å². The highest BCUT2D eigenvalue weighted by atomic mass is 16.4. The van der Waals surface area contributed by atoms with E-state index < -0.39 is 6.09 Å². The Morgan fingerprint density at radius 1 is 1.58 bits per heavy atom. The fourth-order valence-electron chi connectivity index (χ4n) is 1.45. The van der Waals surface area contributed by atoms with Crippen LogP contribution in [0.1, 0.15) is 20.3 Å². The average molecular weight is 171 g/mol. The first-order valence-electron chi connectivity index (χ1n) is 4.04. The molecule has 1 heterocycles. The number of carbonyl (C=O) groups excluding carboxylic acids is 1. The van der Waals surface area contributed by atoms with E-state index in [-0.39, 0.29) is 17.7 Å². The van der Waals surface area contributed by atoms with Gasteiger partial charge in [-0.3, -0.25) is 4.79 Å². The number of Topliss-reactive ketones (excluding diaryl/α,β-unsaturated/α-hetero) is 1. The summed E-state index contributed by atoms with van der Waals surface area (Å²) in [5.41, 5.74) is 0. The summed E-state index contributed by atoms with van der Waals surface area (Å²) in [4.78, 5) is 23.1. The lowest BCUT2D eigenvalue weighted by Gasteiger charge is -2.33. The van der Waals surface area contributed by atoms with E-state index in [2.05, 4.69) is 0 Å². The maximum atomic E-state index is 11.2. The Morgan fingerprint density at radius 3 is 2.67 bits per heavy atom. The van der Waals surface area contributed by atoms with E-state index in [0.29, 0.717) is 13.0 Å². The molecule has 4 heteroatoms. The van der Waals surface area contributed by atoms with Crippen LogP contribution in [0.15, 0.2) is 0 Å². The summed E-state index contributed by atoms with van der Waals surface area (Å²) in [5.74, 6) is 0.0253. The monoisotopic (exact) mass is 171 g/mol. The standard InChI is InChI=1S/C8H13NO3/c1-5-4-9(8(11)12)6(2)3-7(5)10/h5-6H,3-4H2,1-2H3,(H,11,12)/t5-,6-/m0/s1. The van der Waals surface area contributed by atoms with Crippen LogP contribution in [-0.4, -0.2) is 34.5 Å². The average Bonchev–Trinajstić information content (AvgIpc) is 1.96. The molecule has 68 valence electrons. The minimum absolute atomic E-state index is 0.141. The maximum Gasteiger partial charge on any atom is 0.407 e. The Hall–Kier alpha value is -1.06. The van der Waals surface area contributed by atoms with Crippen molar-refractivity contribution in [3.8, 4) is 0 Å². The Balaban J connectivity index is 2.67. The summed E-state index contributed by atoms with van der Waals surface area (Å²) in [5, 5.41) is 8.73. The number of hydrogen-bond donors (Lipinski definition) is 1. The minimum Gasteiger partial charge on any atom is -0.465 e. The minimum atomic E-state index is -0.929. The van der Waals surface area contributed by atoms with Crippen LogP contribution < -0.4 is 0 Å². The van der Waals surface area contributed by atoms with E-state index in [1.165, 1.54) is 4.90 Å². The number of piperidine rings is 1. The third-order valence-corrected chi connectivity index (χ3v) is 2.29. The lowest BCUT2D eigenvalue weighted by atomic mass is 9.94. The predicted molar refractivity (Wildman–Crippen MR) is 43.0 cm³/mol. The molecule has 1 fully saturated rings. The first kappa shape index (κ1) is 9.03. The summed E-state index contributed by atoms with van der Waals surface area (Å²) in [7, 11) is 0. The number of nitrogens with zero attached hydrogens (tertiary/aromatic N) is 1. The van der Waals surface area contributed by atoms with Gasteiger partial charge in [0.15, 0.2) is 0 Å². The molecule has 1 aliphatic heterocycles. The third kappa shape index (κ3) is 1.57. The smallest absolute Gasteiger partial charge is 0.407 e. The van der Waals surface area contributed by atoms with Gasteiger partial charge in [-0.25, -0.2) is 4.79 Å². The molecule has 0 saturated carbocycles. The summed E-state index contributed by atoms with van der Waals surface area (Å²) in [6, 6.07) is -0.161. The lowest BCUT2D eigenvalue weighted by Crippen LogP contribution is -2.47. The van der Waals surface area contributed by atoms with Gasteiger partial charge >= 0.3 is 6.09 Å². The molecular formula is C8H13NO3. The first-order valence-corrected chi connectivity index (χ1v) is 4.04. The van der Waals surface area contributed by atoms with Gasteiger partial charge in [0.2, 0.25) is 0 Å². The topological polar surface area (TPSA) is 57.6 Å². The maximum absolute atomic E-state index is 11.2. The van der Waals surface area contributed by atoms with E-state index >= 15 is 0 Å². The molecular weight excluding hydrogens is 158 g/mol. The summed E-state index contributed by atoms with van der Waals surface area (Å²) >= 11 is 0. The van der Waals surface area contributed by atoms with Gasteiger partial charge in [-0.05, 0) is 6.92 Å². The fourth-order valence-corrected chi connectivity index (χ4v) is 1.45. The van der Waals surface area contributed by atoms with Crippen LogP contribution >= 0.6 is 0 Å². The van der Waals surface area contributed by atoms with Crippen molar-refractivity contribution in [1.29, 1.82) is 0 Å². The second-order valence-electron chi connectivity index (χ2n) is 3.36. The number of amides is 1. The Labute approximate surface area is 71.2 Å². The van der Waals surface area contributed by atoms with E-state index in [0.717, 1.165) is 0 Å². The Kier molecular flexibility index (Phi) is 2.35. The number of rotatable bonds is 0. The van der Waals surface area contributed by atoms with Gasteiger partial charge in [-0.2, -0.15) is 0 Å². The molecule has 1 rings (SSSR count). The number of hydrogen-bond acceptors (Lipinski definition) is 2. The molecule has 0 aromatic rings. The molecule has 1 aliphatic rings. The van der Waals surface area contributed by atoms with E-state index in [4.69, 9.17) is 5.11 Å². The highest BCUT2D eigenvalue weighted by molar-refractivity contribution is 5.83. The van der Waals surface area contributed by atoms with Crippen molar-refractivity contribution >= 4 is 11.9 Å². The zero-order chi connectivity index (χ0) is 9.30. The van der Waals surface area contributed by atoms with Crippen molar-refractivity contribution in [1.82, 2.24) is 4.90 Å². The summed E-state index contributed by atoms with van der Waals surface area (Å²) in [6.07, 6.45) is -0.574. The molecule has 12 heavy (non-hydrogen) atoms. The zero-order valence-electron chi connectivity index (χ0n) is 7.28. The number of carboxylic acid groups (broad SMARTS) is 1. The van der Waals surface area contributed by atoms with Crippen LogP contribution in [0.3, 0.4) is 0 Å². The van der Waals surface area contributed by atoms with Gasteiger partial charge in [0.25, 0.3) is 0 Å². The van der Waals surface area contributed by atoms with Crippen molar-refractivity contribution in [3.63, 3.8) is 0 Å². The zero-order valence-corrected chi connectivity index (χ0v) is 7.28. The molecule has 1 amide bonds. The molecule has 4 nitrogen and oxygen atoms in total. The van der Waals surface area contributed by atoms with Crippen molar-refractivity contribution in [2.24, 2.45) is 5.92 Å². The molecule has 0 aromatic carbocycles. The molecule has 1 saturated heterocycles. The quantitative estimate of drug-likeness (QED) is 0.590. The fraction of sp³-hybridized carbons (Fsp3) is 0.750. The van der Waals surface area contributed by atoms with Crippen LogP contribution in [0, 0.1) is 5.92 Å². The summed E-state index contributed by atoms with van der Waals surface area (Å²) in [6.45, 7) is 3.87. The molecule has 0 unspecified atom stereocenters. The van der Waals surface area contributed by atoms with Crippen LogP contribution in [0.25, 0.3) is 0 Å². The highest BCUT2D eigenvalue weighted by Gasteiger charge is 2.31. The molecule has 1 N–H and O–H groups in total. The van der Waals surface area contributed by atoms with Crippen LogP contribution in [0.4, 0.5) is 4.79 Å². The van der Waals surface area contributed by atoms with Gasteiger partial charge in [0.05, 0.1) is 0 Å². The molecule has 0 aromatic heterocycles. The summed E-state index contributed by atoms with van der Waals surface area (Å²) < 4.78 is 0. The Bertz CT molecular complexity index is 214. The molecule has 0 spiro atoms. The van der Waals surface area contributed by atoms with E-state index in [1.807, 2.05) is 0 Å². The van der Waals surface area contributed by atoms with E-state index in [1.54, 1.807) is 13.8 Å². The van der Waals surface area contributed by atoms with Gasteiger partial charge in [-0.1, -0.05) is 6.92 Å². The van der Waals surface area contributed by atoms with Crippen molar-refractivity contribution in [2.45, 2.75) is 26.3 Å². The second kappa shape index (κ2) is 3.13. The van der Waals surface area contributed by atoms with Crippen molar-refractivity contribution < 1.29 is 14.7 Å². The van der Waals surface area contributed by atoms with Gasteiger partial charge in [0.1, 0.15) is 5.78 Å². The first-order chi connectivity index (χ1) is 5.52. The third-order valence-electron chi connectivity index (χ3n) is 2.29. The number of carbonyl (C=O) groups is 2. The number of likely N-dealkylation sites (tertiary alicyclic amines) is 1. The molecule has 0 radical (unpaired) electrons. The van der Waals surface area contributed by atoms with Gasteiger partial charge in [-0.15, -0.1) is 0 Å². The van der Waals surface area contributed by atoms with Gasteiger partial charge < -0.3 is 10.0 Å². The van der Waals surface area contributed by atoms with E-state index in [9.17, 15) is 9.59 Å². The highest BCUT2D eigenvalue weighted by Crippen LogP contribution is 2.18. The molecule has 2 atom stereocenters. The van der Waals surface area contributed by atoms with Crippen LogP contribution in [0.5, 0.6) is 0 Å². The largest absolute Gasteiger partial charge is 0.465 e. The second-order valence-corrected chi connectivity index (χ2v) is 3.36. The molecule has 0 bridgehead atoms. The SMILES string of the molecule is C[C@H]1CN(C(=O)O)[C@@H](C)CC1=O. The van der Waals surface area contributed by atoms with Crippen molar-refractivity contribution in [2.75, 3.05) is 6.54 Å².